The van der Waals surface area contributed by atoms with Gasteiger partial charge in [0.2, 0.25) is 5.89 Å². The van der Waals surface area contributed by atoms with Crippen LogP contribution in [0.15, 0.2) is 16.5 Å². The third-order valence-corrected chi connectivity index (χ3v) is 2.35. The van der Waals surface area contributed by atoms with Crippen LogP contribution in [0, 0.1) is 18.6 Å². The van der Waals surface area contributed by atoms with Gasteiger partial charge in [-0.1, -0.05) is 11.2 Å². The van der Waals surface area contributed by atoms with E-state index < -0.39 is 17.7 Å². The molecular formula is C11H12F2N4O. The molecule has 5 nitrogen and oxygen atoms in total. The summed E-state index contributed by atoms with van der Waals surface area (Å²) >= 11 is 0. The molecule has 0 aliphatic heterocycles. The van der Waals surface area contributed by atoms with E-state index in [1.165, 1.54) is 13.0 Å². The highest BCUT2D eigenvalue weighted by molar-refractivity contribution is 5.55. The monoisotopic (exact) mass is 254 g/mol. The van der Waals surface area contributed by atoms with E-state index in [-0.39, 0.29) is 17.6 Å². The Labute approximate surface area is 102 Å². The number of hydrogen-bond acceptors (Lipinski definition) is 5. The van der Waals surface area contributed by atoms with E-state index in [0.717, 1.165) is 6.07 Å². The molecule has 96 valence electrons. The number of hydrogen-bond donors (Lipinski definition) is 2. The summed E-state index contributed by atoms with van der Waals surface area (Å²) in [4.78, 5) is 0. The molecule has 0 bridgehead atoms. The zero-order valence-electron chi connectivity index (χ0n) is 9.87. The minimum absolute atomic E-state index is 0.106. The molecule has 2 rings (SSSR count). The summed E-state index contributed by atoms with van der Waals surface area (Å²) in [5, 5.41) is 9.66. The van der Waals surface area contributed by atoms with Crippen molar-refractivity contribution in [3.05, 3.63) is 35.2 Å². The first-order chi connectivity index (χ1) is 8.49. The predicted octanol–water partition coefficient (Wildman–Crippen LogP) is 2.42. The molecule has 0 radical (unpaired) electrons. The Morgan fingerprint density at radius 1 is 1.33 bits per heavy atom. The molecule has 1 unspecified atom stereocenters. The maximum atomic E-state index is 13.7. The molecule has 0 amide bonds. The number of nitrogens with zero attached hydrogens (tertiary/aromatic N) is 2. The molecule has 0 fully saturated rings. The molecule has 1 aromatic heterocycles. The second-order valence-electron chi connectivity index (χ2n) is 3.91. The van der Waals surface area contributed by atoms with Crippen LogP contribution in [0.1, 0.15) is 24.4 Å². The predicted molar refractivity (Wildman–Crippen MR) is 61.3 cm³/mol. The second kappa shape index (κ2) is 4.69. The van der Waals surface area contributed by atoms with E-state index in [4.69, 9.17) is 10.2 Å². The minimum Gasteiger partial charge on any atom is -0.406 e. The first kappa shape index (κ1) is 12.4. The highest BCUT2D eigenvalue weighted by Gasteiger charge is 2.15. The Balaban J connectivity index is 2.31. The Kier molecular flexibility index (Phi) is 3.24. The number of aromatic nitrogens is 2. The number of rotatable bonds is 3. The van der Waals surface area contributed by atoms with Crippen molar-refractivity contribution in [2.45, 2.75) is 19.9 Å². The molecule has 7 heteroatoms. The van der Waals surface area contributed by atoms with Crippen molar-refractivity contribution >= 4 is 11.7 Å². The zero-order chi connectivity index (χ0) is 13.3. The smallest absolute Gasteiger partial charge is 0.320 e. The lowest BCUT2D eigenvalue weighted by atomic mass is 10.2. The average molecular weight is 254 g/mol. The highest BCUT2D eigenvalue weighted by Crippen LogP contribution is 2.25. The van der Waals surface area contributed by atoms with Crippen molar-refractivity contribution in [3.8, 4) is 0 Å². The van der Waals surface area contributed by atoms with Gasteiger partial charge in [-0.15, -0.1) is 5.10 Å². The number of aryl methyl sites for hydroxylation is 1. The van der Waals surface area contributed by atoms with E-state index >= 15 is 0 Å². The van der Waals surface area contributed by atoms with Crippen molar-refractivity contribution in [2.75, 3.05) is 5.32 Å². The van der Waals surface area contributed by atoms with Crippen LogP contribution in [0.3, 0.4) is 0 Å². The van der Waals surface area contributed by atoms with Gasteiger partial charge in [0.05, 0.1) is 6.04 Å². The first-order valence-corrected chi connectivity index (χ1v) is 5.29. The SMILES string of the molecule is Cc1ccc(F)c(Nc2nnc(C(C)N)o2)c1F. The molecule has 2 aromatic rings. The molecular weight excluding hydrogens is 242 g/mol. The Hall–Kier alpha value is -2.02. The van der Waals surface area contributed by atoms with Crippen LogP contribution in [0.2, 0.25) is 0 Å². The van der Waals surface area contributed by atoms with Crippen LogP contribution in [-0.4, -0.2) is 10.2 Å². The third kappa shape index (κ3) is 2.30. The van der Waals surface area contributed by atoms with Gasteiger partial charge in [-0.05, 0) is 25.5 Å². The fourth-order valence-electron chi connectivity index (χ4n) is 1.35. The van der Waals surface area contributed by atoms with Gasteiger partial charge < -0.3 is 15.5 Å². The summed E-state index contributed by atoms with van der Waals surface area (Å²) in [6.45, 7) is 3.19. The van der Waals surface area contributed by atoms with Gasteiger partial charge in [0, 0.05) is 0 Å². The van der Waals surface area contributed by atoms with Gasteiger partial charge in [-0.2, -0.15) is 0 Å². The van der Waals surface area contributed by atoms with Gasteiger partial charge >= 0.3 is 6.01 Å². The average Bonchev–Trinajstić information content (AvgIpc) is 2.78. The molecule has 0 aliphatic carbocycles. The summed E-state index contributed by atoms with van der Waals surface area (Å²) in [5.41, 5.74) is 5.52. The van der Waals surface area contributed by atoms with Gasteiger partial charge in [0.25, 0.3) is 0 Å². The largest absolute Gasteiger partial charge is 0.406 e. The minimum atomic E-state index is -0.737. The van der Waals surface area contributed by atoms with Crippen LogP contribution in [0.25, 0.3) is 0 Å². The van der Waals surface area contributed by atoms with Crippen molar-refractivity contribution in [1.29, 1.82) is 0 Å². The van der Waals surface area contributed by atoms with E-state index in [2.05, 4.69) is 15.5 Å². The third-order valence-electron chi connectivity index (χ3n) is 2.35. The van der Waals surface area contributed by atoms with Gasteiger partial charge in [0.15, 0.2) is 5.82 Å². The van der Waals surface area contributed by atoms with Crippen molar-refractivity contribution in [3.63, 3.8) is 0 Å². The Morgan fingerprint density at radius 3 is 2.67 bits per heavy atom. The lowest BCUT2D eigenvalue weighted by Crippen LogP contribution is -2.04. The molecule has 18 heavy (non-hydrogen) atoms. The van der Waals surface area contributed by atoms with Crippen LogP contribution >= 0.6 is 0 Å². The van der Waals surface area contributed by atoms with Crippen molar-refractivity contribution in [2.24, 2.45) is 5.73 Å². The number of halogens is 2. The molecule has 3 N–H and O–H groups in total. The van der Waals surface area contributed by atoms with E-state index in [1.807, 2.05) is 0 Å². The maximum absolute atomic E-state index is 13.7. The fourth-order valence-corrected chi connectivity index (χ4v) is 1.35. The van der Waals surface area contributed by atoms with Gasteiger partial charge in [-0.3, -0.25) is 0 Å². The second-order valence-corrected chi connectivity index (χ2v) is 3.91. The number of nitrogens with two attached hydrogens (primary N) is 1. The van der Waals surface area contributed by atoms with Crippen LogP contribution in [-0.2, 0) is 0 Å². The first-order valence-electron chi connectivity index (χ1n) is 5.29. The van der Waals surface area contributed by atoms with E-state index in [0.29, 0.717) is 5.56 Å². The van der Waals surface area contributed by atoms with Gasteiger partial charge in [-0.25, -0.2) is 8.78 Å². The maximum Gasteiger partial charge on any atom is 0.320 e. The topological polar surface area (TPSA) is 77.0 Å². The summed E-state index contributed by atoms with van der Waals surface area (Å²) in [5.74, 6) is -1.25. The summed E-state index contributed by atoms with van der Waals surface area (Å²) in [7, 11) is 0. The number of anilines is 2. The Bertz CT molecular complexity index is 568. The summed E-state index contributed by atoms with van der Waals surface area (Å²) in [6.07, 6.45) is 0. The lowest BCUT2D eigenvalue weighted by molar-refractivity contribution is 0.474. The quantitative estimate of drug-likeness (QED) is 0.879. The van der Waals surface area contributed by atoms with Crippen LogP contribution in [0.5, 0.6) is 0 Å². The van der Waals surface area contributed by atoms with Gasteiger partial charge in [0.1, 0.15) is 11.5 Å². The molecule has 1 aromatic carbocycles. The van der Waals surface area contributed by atoms with Crippen LogP contribution < -0.4 is 11.1 Å². The van der Waals surface area contributed by atoms with E-state index in [1.54, 1.807) is 6.92 Å². The molecule has 1 heterocycles. The van der Waals surface area contributed by atoms with Crippen molar-refractivity contribution < 1.29 is 13.2 Å². The highest BCUT2D eigenvalue weighted by atomic mass is 19.1. The molecule has 1 atom stereocenters. The van der Waals surface area contributed by atoms with Crippen molar-refractivity contribution in [1.82, 2.24) is 10.2 Å². The molecule has 0 spiro atoms. The normalized spacial score (nSPS) is 12.5. The molecule has 0 saturated carbocycles. The summed E-state index contributed by atoms with van der Waals surface area (Å²) < 4.78 is 32.3. The standard InChI is InChI=1S/C11H12F2N4O/c1-5-3-4-7(12)9(8(5)13)15-11-17-16-10(18-11)6(2)14/h3-4,6H,14H2,1-2H3,(H,15,17). The molecule has 0 aliphatic rings. The molecule has 0 saturated heterocycles. The lowest BCUT2D eigenvalue weighted by Gasteiger charge is -2.06. The summed E-state index contributed by atoms with van der Waals surface area (Å²) in [6, 6.07) is 1.95. The Morgan fingerprint density at radius 2 is 2.06 bits per heavy atom. The van der Waals surface area contributed by atoms with Crippen LogP contribution in [0.4, 0.5) is 20.5 Å². The van der Waals surface area contributed by atoms with E-state index in [9.17, 15) is 8.78 Å². The number of benzene rings is 1. The zero-order valence-corrected chi connectivity index (χ0v) is 9.87. The number of nitrogens with one attached hydrogen (secondary N) is 1. The fraction of sp³-hybridized carbons (Fsp3) is 0.273.